The quantitative estimate of drug-likeness (QED) is 0.626. The van der Waals surface area contributed by atoms with Crippen molar-refractivity contribution in [3.8, 4) is 0 Å². The van der Waals surface area contributed by atoms with Crippen LogP contribution in [-0.2, 0) is 0 Å². The van der Waals surface area contributed by atoms with Gasteiger partial charge in [-0.05, 0) is 19.9 Å². The van der Waals surface area contributed by atoms with Crippen LogP contribution in [0.3, 0.4) is 0 Å². The molecule has 0 aromatic carbocycles. The number of hydrogen-bond acceptors (Lipinski definition) is 1. The van der Waals surface area contributed by atoms with Crippen molar-refractivity contribution in [1.82, 2.24) is 5.32 Å². The van der Waals surface area contributed by atoms with Crippen molar-refractivity contribution in [1.29, 1.82) is 0 Å². The van der Waals surface area contributed by atoms with Crippen LogP contribution < -0.4 is 5.32 Å². The predicted molar refractivity (Wildman–Crippen MR) is 40.7 cm³/mol. The van der Waals surface area contributed by atoms with Crippen molar-refractivity contribution in [3.05, 3.63) is 0 Å². The molecule has 1 nitrogen and oxygen atoms in total. The molecule has 0 rings (SSSR count). The van der Waals surface area contributed by atoms with Crippen molar-refractivity contribution >= 4 is 12.4 Å². The van der Waals surface area contributed by atoms with Gasteiger partial charge in [0.1, 0.15) is 0 Å². The fraction of sp³-hybridized carbons (Fsp3) is 1.00. The summed E-state index contributed by atoms with van der Waals surface area (Å²) in [5.74, 6) is 0. The van der Waals surface area contributed by atoms with E-state index in [2.05, 4.69) is 26.1 Å². The van der Waals surface area contributed by atoms with Crippen LogP contribution in [0.2, 0.25) is 0 Å². The molecule has 1 N–H and O–H groups in total. The summed E-state index contributed by atoms with van der Waals surface area (Å²) in [6.07, 6.45) is 1.23. The Bertz CT molecular complexity index is 39.5. The van der Waals surface area contributed by atoms with Gasteiger partial charge in [-0.3, -0.25) is 0 Å². The highest BCUT2D eigenvalue weighted by Gasteiger charge is 1.90. The van der Waals surface area contributed by atoms with E-state index < -0.39 is 0 Å². The van der Waals surface area contributed by atoms with Crippen LogP contribution in [-0.4, -0.2) is 12.6 Å². The van der Waals surface area contributed by atoms with Gasteiger partial charge in [0.05, 0.1) is 0 Å². The van der Waals surface area contributed by atoms with Crippen LogP contribution in [0.1, 0.15) is 27.2 Å². The van der Waals surface area contributed by atoms with Crippen LogP contribution in [0.5, 0.6) is 0 Å². The molecule has 0 saturated heterocycles. The Balaban J connectivity index is 0. The van der Waals surface area contributed by atoms with Crippen LogP contribution >= 0.6 is 12.4 Å². The summed E-state index contributed by atoms with van der Waals surface area (Å²) in [5, 5.41) is 3.30. The molecule has 1 atom stereocenters. The van der Waals surface area contributed by atoms with Crippen molar-refractivity contribution in [2.75, 3.05) is 6.54 Å². The summed E-state index contributed by atoms with van der Waals surface area (Å²) >= 11 is 0. The zero-order chi connectivity index (χ0) is 5.70. The first-order chi connectivity index (χ1) is 3.31. The van der Waals surface area contributed by atoms with E-state index in [1.165, 1.54) is 6.42 Å². The average molecular weight is 138 g/mol. The van der Waals surface area contributed by atoms with Crippen LogP contribution in [0.15, 0.2) is 0 Å². The van der Waals surface area contributed by atoms with E-state index in [0.717, 1.165) is 6.54 Å². The lowest BCUT2D eigenvalue weighted by Crippen LogP contribution is -2.24. The zero-order valence-electron chi connectivity index (χ0n) is 5.90. The van der Waals surface area contributed by atoms with Crippen LogP contribution in [0, 0.1) is 0 Å². The van der Waals surface area contributed by atoms with Crippen molar-refractivity contribution in [3.63, 3.8) is 0 Å². The largest absolute Gasteiger partial charge is 0.315 e. The average Bonchev–Trinajstić information content (AvgIpc) is 1.68. The maximum atomic E-state index is 3.30. The van der Waals surface area contributed by atoms with Gasteiger partial charge in [-0.2, -0.15) is 0 Å². The second-order valence-corrected chi connectivity index (χ2v) is 1.87. The highest BCUT2D eigenvalue weighted by molar-refractivity contribution is 5.85. The van der Waals surface area contributed by atoms with E-state index in [4.69, 9.17) is 0 Å². The molecule has 0 aliphatic rings. The minimum atomic E-state index is 0. The topological polar surface area (TPSA) is 12.0 Å². The third-order valence-electron chi connectivity index (χ3n) is 1.16. The fourth-order valence-electron chi connectivity index (χ4n) is 0.493. The van der Waals surface area contributed by atoms with Crippen molar-refractivity contribution < 1.29 is 0 Å². The molecule has 0 aromatic heterocycles. The molecule has 0 aliphatic heterocycles. The first-order valence-corrected chi connectivity index (χ1v) is 3.04. The SMILES string of the molecule is CCNC(C)CC.Cl. The summed E-state index contributed by atoms with van der Waals surface area (Å²) in [4.78, 5) is 0. The van der Waals surface area contributed by atoms with E-state index in [9.17, 15) is 0 Å². The summed E-state index contributed by atoms with van der Waals surface area (Å²) in [6.45, 7) is 7.61. The molecule has 0 bridgehead atoms. The number of halogens is 1. The van der Waals surface area contributed by atoms with Gasteiger partial charge in [-0.25, -0.2) is 0 Å². The Labute approximate surface area is 58.3 Å². The second-order valence-electron chi connectivity index (χ2n) is 1.87. The van der Waals surface area contributed by atoms with Crippen LogP contribution in [0.25, 0.3) is 0 Å². The molecule has 0 heterocycles. The highest BCUT2D eigenvalue weighted by atomic mass is 35.5. The molecule has 8 heavy (non-hydrogen) atoms. The summed E-state index contributed by atoms with van der Waals surface area (Å²) < 4.78 is 0. The molecule has 0 radical (unpaired) electrons. The maximum absolute atomic E-state index is 3.30. The summed E-state index contributed by atoms with van der Waals surface area (Å²) in [6, 6.07) is 0.699. The molecule has 1 unspecified atom stereocenters. The van der Waals surface area contributed by atoms with E-state index >= 15 is 0 Å². The summed E-state index contributed by atoms with van der Waals surface area (Å²) in [7, 11) is 0. The van der Waals surface area contributed by atoms with E-state index in [-0.39, 0.29) is 12.4 Å². The number of nitrogens with one attached hydrogen (secondary N) is 1. The maximum Gasteiger partial charge on any atom is 0.00359 e. The first kappa shape index (κ1) is 11.1. The minimum absolute atomic E-state index is 0. The lowest BCUT2D eigenvalue weighted by Gasteiger charge is -2.06. The molecular weight excluding hydrogens is 122 g/mol. The van der Waals surface area contributed by atoms with Gasteiger partial charge >= 0.3 is 0 Å². The van der Waals surface area contributed by atoms with Gasteiger partial charge in [0.15, 0.2) is 0 Å². The third kappa shape index (κ3) is 6.25. The lowest BCUT2D eigenvalue weighted by atomic mass is 10.3. The van der Waals surface area contributed by atoms with Gasteiger partial charge in [-0.1, -0.05) is 13.8 Å². The van der Waals surface area contributed by atoms with Gasteiger partial charge in [0, 0.05) is 6.04 Å². The molecule has 0 fully saturated rings. The molecule has 0 saturated carbocycles. The third-order valence-corrected chi connectivity index (χ3v) is 1.16. The van der Waals surface area contributed by atoms with Crippen molar-refractivity contribution in [2.24, 2.45) is 0 Å². The fourth-order valence-corrected chi connectivity index (χ4v) is 0.493. The molecule has 0 aliphatic carbocycles. The standard InChI is InChI=1S/C6H15N.ClH/c1-4-6(3)7-5-2;/h6-7H,4-5H2,1-3H3;1H. The second kappa shape index (κ2) is 7.25. The molecule has 0 amide bonds. The van der Waals surface area contributed by atoms with Crippen LogP contribution in [0.4, 0.5) is 0 Å². The summed E-state index contributed by atoms with van der Waals surface area (Å²) in [5.41, 5.74) is 0. The molecule has 52 valence electrons. The Kier molecular flexibility index (Phi) is 10.1. The predicted octanol–water partition coefficient (Wildman–Crippen LogP) is 1.82. The van der Waals surface area contributed by atoms with Gasteiger partial charge in [-0.15, -0.1) is 12.4 Å². The Morgan fingerprint density at radius 2 is 1.88 bits per heavy atom. The highest BCUT2D eigenvalue weighted by Crippen LogP contribution is 1.84. The monoisotopic (exact) mass is 137 g/mol. The molecule has 2 heteroatoms. The zero-order valence-corrected chi connectivity index (χ0v) is 6.72. The lowest BCUT2D eigenvalue weighted by molar-refractivity contribution is 0.553. The van der Waals surface area contributed by atoms with Crippen molar-refractivity contribution in [2.45, 2.75) is 33.2 Å². The van der Waals surface area contributed by atoms with Gasteiger partial charge in [0.2, 0.25) is 0 Å². The smallest absolute Gasteiger partial charge is 0.00359 e. The number of rotatable bonds is 3. The first-order valence-electron chi connectivity index (χ1n) is 3.04. The minimum Gasteiger partial charge on any atom is -0.315 e. The normalized spacial score (nSPS) is 12.4. The van der Waals surface area contributed by atoms with Gasteiger partial charge in [0.25, 0.3) is 0 Å². The molecule has 0 spiro atoms. The molecular formula is C6H16ClN. The number of hydrogen-bond donors (Lipinski definition) is 1. The Hall–Kier alpha value is 0.250. The van der Waals surface area contributed by atoms with E-state index in [0.29, 0.717) is 6.04 Å². The van der Waals surface area contributed by atoms with E-state index in [1.807, 2.05) is 0 Å². The Morgan fingerprint density at radius 3 is 2.00 bits per heavy atom. The Morgan fingerprint density at radius 1 is 1.38 bits per heavy atom. The molecule has 0 aromatic rings. The van der Waals surface area contributed by atoms with E-state index in [1.54, 1.807) is 0 Å². The van der Waals surface area contributed by atoms with Gasteiger partial charge < -0.3 is 5.32 Å².